The molecule has 21 heavy (non-hydrogen) atoms. The monoisotopic (exact) mass is 299 g/mol. The predicted octanol–water partition coefficient (Wildman–Crippen LogP) is 2.83. The Hall–Kier alpha value is -1.78. The highest BCUT2D eigenvalue weighted by atomic mass is 32.2. The van der Waals surface area contributed by atoms with Crippen LogP contribution in [0, 0.1) is 0 Å². The van der Waals surface area contributed by atoms with Crippen molar-refractivity contribution in [1.29, 1.82) is 0 Å². The minimum atomic E-state index is -0.945. The summed E-state index contributed by atoms with van der Waals surface area (Å²) in [5.74, 6) is -0.539. The van der Waals surface area contributed by atoms with Gasteiger partial charge in [0.05, 0.1) is 5.25 Å². The molecule has 0 aliphatic heterocycles. The molecule has 0 saturated heterocycles. The van der Waals surface area contributed by atoms with E-state index in [0.29, 0.717) is 5.75 Å². The third-order valence-electron chi connectivity index (χ3n) is 3.82. The molecule has 0 saturated carbocycles. The summed E-state index contributed by atoms with van der Waals surface area (Å²) in [6.45, 7) is 0. The lowest BCUT2D eigenvalue weighted by atomic mass is 9.86. The molecule has 0 bridgehead atoms. The first-order valence-electron chi connectivity index (χ1n) is 6.92. The van der Waals surface area contributed by atoms with Gasteiger partial charge < -0.3 is 10.8 Å². The van der Waals surface area contributed by atoms with Gasteiger partial charge in [-0.1, -0.05) is 48.5 Å². The fourth-order valence-electron chi connectivity index (χ4n) is 2.73. The topological polar surface area (TPSA) is 63.3 Å². The van der Waals surface area contributed by atoms with Crippen LogP contribution in [-0.2, 0) is 11.2 Å². The van der Waals surface area contributed by atoms with E-state index in [2.05, 4.69) is 36.4 Å². The molecule has 4 heteroatoms. The zero-order valence-corrected chi connectivity index (χ0v) is 12.3. The second-order valence-electron chi connectivity index (χ2n) is 5.23. The molecule has 3 N–H and O–H groups in total. The molecule has 0 heterocycles. The molecule has 2 aromatic rings. The molecule has 1 aliphatic carbocycles. The van der Waals surface area contributed by atoms with Gasteiger partial charge in [-0.2, -0.15) is 0 Å². The van der Waals surface area contributed by atoms with Crippen LogP contribution in [0.4, 0.5) is 0 Å². The Morgan fingerprint density at radius 1 is 1.14 bits per heavy atom. The maximum Gasteiger partial charge on any atom is 0.321 e. The Bertz CT molecular complexity index is 626. The number of carboxylic acid groups (broad SMARTS) is 1. The van der Waals surface area contributed by atoms with E-state index in [1.807, 2.05) is 12.1 Å². The quantitative estimate of drug-likeness (QED) is 0.911. The van der Waals surface area contributed by atoms with Gasteiger partial charge in [-0.05, 0) is 28.7 Å². The van der Waals surface area contributed by atoms with Gasteiger partial charge in [0.25, 0.3) is 0 Å². The highest BCUT2D eigenvalue weighted by Gasteiger charge is 2.26. The second-order valence-corrected chi connectivity index (χ2v) is 6.37. The lowest BCUT2D eigenvalue weighted by Crippen LogP contribution is -2.33. The highest BCUT2D eigenvalue weighted by Crippen LogP contribution is 2.43. The van der Waals surface area contributed by atoms with Gasteiger partial charge in [0.1, 0.15) is 6.04 Å². The molecule has 1 unspecified atom stereocenters. The summed E-state index contributed by atoms with van der Waals surface area (Å²) in [7, 11) is 0. The van der Waals surface area contributed by atoms with Crippen molar-refractivity contribution in [2.24, 2.45) is 5.73 Å². The Kier molecular flexibility index (Phi) is 3.99. The lowest BCUT2D eigenvalue weighted by molar-refractivity contribution is -0.137. The first kappa shape index (κ1) is 14.2. The number of hydrogen-bond donors (Lipinski definition) is 2. The van der Waals surface area contributed by atoms with Gasteiger partial charge in [-0.15, -0.1) is 11.8 Å². The van der Waals surface area contributed by atoms with Crippen molar-refractivity contribution in [1.82, 2.24) is 0 Å². The Morgan fingerprint density at radius 3 is 2.19 bits per heavy atom. The van der Waals surface area contributed by atoms with Crippen LogP contribution in [0.3, 0.4) is 0 Å². The minimum absolute atomic E-state index is 0.163. The number of hydrogen-bond acceptors (Lipinski definition) is 3. The molecule has 0 amide bonds. The number of fused-ring (bicyclic) bond motifs is 2. The van der Waals surface area contributed by atoms with Gasteiger partial charge in [0.15, 0.2) is 0 Å². The van der Waals surface area contributed by atoms with Crippen LogP contribution in [0.25, 0.3) is 0 Å². The first-order valence-corrected chi connectivity index (χ1v) is 7.97. The average Bonchev–Trinajstić information content (AvgIpc) is 2.51. The fraction of sp³-hybridized carbons (Fsp3) is 0.235. The molecule has 1 aliphatic rings. The van der Waals surface area contributed by atoms with E-state index in [9.17, 15) is 4.79 Å². The van der Waals surface area contributed by atoms with E-state index in [-0.39, 0.29) is 5.25 Å². The van der Waals surface area contributed by atoms with Crippen LogP contribution in [-0.4, -0.2) is 22.9 Å². The van der Waals surface area contributed by atoms with Crippen molar-refractivity contribution in [2.45, 2.75) is 17.7 Å². The molecule has 1 atom stereocenters. The van der Waals surface area contributed by atoms with Crippen LogP contribution < -0.4 is 5.73 Å². The molecule has 3 rings (SSSR count). The van der Waals surface area contributed by atoms with E-state index < -0.39 is 12.0 Å². The van der Waals surface area contributed by atoms with Crippen molar-refractivity contribution in [2.75, 3.05) is 5.75 Å². The van der Waals surface area contributed by atoms with Gasteiger partial charge in [0.2, 0.25) is 0 Å². The van der Waals surface area contributed by atoms with Crippen molar-refractivity contribution < 1.29 is 9.90 Å². The summed E-state index contributed by atoms with van der Waals surface area (Å²) >= 11 is 1.61. The summed E-state index contributed by atoms with van der Waals surface area (Å²) < 4.78 is 0. The predicted molar refractivity (Wildman–Crippen MR) is 85.6 cm³/mol. The largest absolute Gasteiger partial charge is 0.480 e. The smallest absolute Gasteiger partial charge is 0.321 e. The van der Waals surface area contributed by atoms with Crippen LogP contribution in [0.15, 0.2) is 48.5 Å². The maximum absolute atomic E-state index is 10.9. The van der Waals surface area contributed by atoms with E-state index >= 15 is 0 Å². The summed E-state index contributed by atoms with van der Waals surface area (Å²) in [6, 6.07) is 15.9. The van der Waals surface area contributed by atoms with Gasteiger partial charge in [-0.25, -0.2) is 0 Å². The Labute approximate surface area is 128 Å². The molecular weight excluding hydrogens is 282 g/mol. The third-order valence-corrected chi connectivity index (χ3v) is 5.21. The molecular formula is C17H17NO2S. The molecule has 2 aromatic carbocycles. The molecule has 3 nitrogen and oxygen atoms in total. The molecule has 0 aromatic heterocycles. The highest BCUT2D eigenvalue weighted by molar-refractivity contribution is 7.99. The lowest BCUT2D eigenvalue weighted by Gasteiger charge is -2.28. The van der Waals surface area contributed by atoms with Crippen molar-refractivity contribution in [3.8, 4) is 0 Å². The Balaban J connectivity index is 1.93. The van der Waals surface area contributed by atoms with E-state index in [1.165, 1.54) is 22.3 Å². The van der Waals surface area contributed by atoms with E-state index in [4.69, 9.17) is 10.8 Å². The maximum atomic E-state index is 10.9. The van der Waals surface area contributed by atoms with Crippen LogP contribution in [0.1, 0.15) is 27.5 Å². The van der Waals surface area contributed by atoms with Crippen LogP contribution in [0.5, 0.6) is 0 Å². The van der Waals surface area contributed by atoms with E-state index in [0.717, 1.165) is 6.42 Å². The van der Waals surface area contributed by atoms with Crippen LogP contribution in [0.2, 0.25) is 0 Å². The van der Waals surface area contributed by atoms with Crippen molar-refractivity contribution >= 4 is 17.7 Å². The zero-order chi connectivity index (χ0) is 14.8. The summed E-state index contributed by atoms with van der Waals surface area (Å²) in [5.41, 5.74) is 10.8. The summed E-state index contributed by atoms with van der Waals surface area (Å²) in [4.78, 5) is 10.9. The zero-order valence-electron chi connectivity index (χ0n) is 11.5. The van der Waals surface area contributed by atoms with Gasteiger partial charge in [0, 0.05) is 5.75 Å². The van der Waals surface area contributed by atoms with Gasteiger partial charge in [-0.3, -0.25) is 4.79 Å². The SMILES string of the molecule is NC(CSC1c2ccccc2Cc2ccccc21)C(=O)O. The van der Waals surface area contributed by atoms with Crippen LogP contribution >= 0.6 is 11.8 Å². The summed E-state index contributed by atoms with van der Waals surface area (Å²) in [6.07, 6.45) is 0.939. The molecule has 108 valence electrons. The number of carbonyl (C=O) groups is 1. The first-order chi connectivity index (χ1) is 10.2. The standard InChI is InChI=1S/C17H17NO2S/c18-15(17(19)20)10-21-16-13-7-3-1-5-11(13)9-12-6-2-4-8-14(12)16/h1-8,15-16H,9-10,18H2,(H,19,20). The number of aliphatic carboxylic acids is 1. The van der Waals surface area contributed by atoms with Crippen molar-refractivity contribution in [3.05, 3.63) is 70.8 Å². The normalized spacial score (nSPS) is 15.1. The number of benzene rings is 2. The number of nitrogens with two attached hydrogens (primary N) is 1. The minimum Gasteiger partial charge on any atom is -0.480 e. The Morgan fingerprint density at radius 2 is 1.67 bits per heavy atom. The molecule has 0 radical (unpaired) electrons. The van der Waals surface area contributed by atoms with Gasteiger partial charge >= 0.3 is 5.97 Å². The number of thioether (sulfide) groups is 1. The molecule has 0 fully saturated rings. The number of carboxylic acids is 1. The summed E-state index contributed by atoms with van der Waals surface area (Å²) in [5, 5.41) is 9.13. The fourth-order valence-corrected chi connectivity index (χ4v) is 4.09. The average molecular weight is 299 g/mol. The van der Waals surface area contributed by atoms with E-state index in [1.54, 1.807) is 11.8 Å². The van der Waals surface area contributed by atoms with Crippen molar-refractivity contribution in [3.63, 3.8) is 0 Å². The molecule has 0 spiro atoms. The third kappa shape index (κ3) is 2.82. The number of rotatable bonds is 4. The second kappa shape index (κ2) is 5.92.